The highest BCUT2D eigenvalue weighted by Crippen LogP contribution is 2.29. The maximum Gasteiger partial charge on any atom is 0.263 e. The number of nitrogens with zero attached hydrogens (tertiary/aromatic N) is 1. The zero-order valence-corrected chi connectivity index (χ0v) is 14.8. The maximum absolute atomic E-state index is 11.9. The van der Waals surface area contributed by atoms with Gasteiger partial charge in [0.1, 0.15) is 11.6 Å². The SMILES string of the molecule is COc1ccc(C(C)N/C=C(/C#N)C(=O)NCC(C)C)cc1OC. The molecule has 1 aromatic rings. The van der Waals surface area contributed by atoms with Crippen LogP contribution in [0.2, 0.25) is 0 Å². The molecule has 2 N–H and O–H groups in total. The number of hydrogen-bond acceptors (Lipinski definition) is 5. The van der Waals surface area contributed by atoms with Crippen LogP contribution in [0.4, 0.5) is 0 Å². The highest BCUT2D eigenvalue weighted by molar-refractivity contribution is 5.97. The molecule has 0 saturated heterocycles. The van der Waals surface area contributed by atoms with E-state index in [0.29, 0.717) is 24.0 Å². The van der Waals surface area contributed by atoms with Crippen LogP contribution in [-0.2, 0) is 4.79 Å². The summed E-state index contributed by atoms with van der Waals surface area (Å²) in [6.45, 7) is 6.45. The van der Waals surface area contributed by atoms with Crippen molar-refractivity contribution in [3.63, 3.8) is 0 Å². The third-order valence-electron chi connectivity index (χ3n) is 3.42. The van der Waals surface area contributed by atoms with Gasteiger partial charge in [-0.05, 0) is 30.5 Å². The molecule has 0 aliphatic rings. The molecular weight excluding hydrogens is 306 g/mol. The minimum absolute atomic E-state index is 0.0444. The number of nitriles is 1. The summed E-state index contributed by atoms with van der Waals surface area (Å²) in [6, 6.07) is 7.38. The second-order valence-electron chi connectivity index (χ2n) is 5.78. The van der Waals surface area contributed by atoms with Crippen molar-refractivity contribution in [3.05, 3.63) is 35.5 Å². The summed E-state index contributed by atoms with van der Waals surface area (Å²) in [5.41, 5.74) is 0.992. The van der Waals surface area contributed by atoms with Gasteiger partial charge in [-0.15, -0.1) is 0 Å². The van der Waals surface area contributed by atoms with Gasteiger partial charge in [0.25, 0.3) is 5.91 Å². The summed E-state index contributed by atoms with van der Waals surface area (Å²) in [6.07, 6.45) is 1.44. The van der Waals surface area contributed by atoms with Crippen molar-refractivity contribution < 1.29 is 14.3 Å². The van der Waals surface area contributed by atoms with E-state index in [9.17, 15) is 4.79 Å². The first-order valence-corrected chi connectivity index (χ1v) is 7.79. The molecule has 0 radical (unpaired) electrons. The highest BCUT2D eigenvalue weighted by Gasteiger charge is 2.12. The fourth-order valence-corrected chi connectivity index (χ4v) is 1.97. The van der Waals surface area contributed by atoms with Crippen LogP contribution in [-0.4, -0.2) is 26.7 Å². The lowest BCUT2D eigenvalue weighted by Crippen LogP contribution is -2.29. The first-order valence-electron chi connectivity index (χ1n) is 7.79. The first kappa shape index (κ1) is 19.4. The predicted octanol–water partition coefficient (Wildman–Crippen LogP) is 2.53. The van der Waals surface area contributed by atoms with Crippen LogP contribution >= 0.6 is 0 Å². The molecule has 0 spiro atoms. The number of amides is 1. The molecule has 1 unspecified atom stereocenters. The standard InChI is InChI=1S/C18H25N3O3/c1-12(2)10-21-18(22)15(9-19)11-20-13(3)14-6-7-16(23-4)17(8-14)24-5/h6-8,11-13,20H,10H2,1-5H3,(H,21,22)/b15-11-. The molecule has 0 heterocycles. The summed E-state index contributed by atoms with van der Waals surface area (Å²) < 4.78 is 10.5. The van der Waals surface area contributed by atoms with E-state index < -0.39 is 0 Å². The van der Waals surface area contributed by atoms with Crippen LogP contribution in [0.15, 0.2) is 30.0 Å². The largest absolute Gasteiger partial charge is 0.493 e. The van der Waals surface area contributed by atoms with Crippen LogP contribution in [0.3, 0.4) is 0 Å². The number of methoxy groups -OCH3 is 2. The van der Waals surface area contributed by atoms with Gasteiger partial charge in [-0.2, -0.15) is 5.26 Å². The third-order valence-corrected chi connectivity index (χ3v) is 3.42. The van der Waals surface area contributed by atoms with Gasteiger partial charge in [-0.25, -0.2) is 0 Å². The minimum atomic E-state index is -0.377. The Balaban J connectivity index is 2.80. The average molecular weight is 331 g/mol. The number of nitrogens with one attached hydrogen (secondary N) is 2. The number of hydrogen-bond donors (Lipinski definition) is 2. The molecule has 0 aromatic heterocycles. The van der Waals surface area contributed by atoms with E-state index in [0.717, 1.165) is 5.56 Å². The minimum Gasteiger partial charge on any atom is -0.493 e. The Bertz CT molecular complexity index is 633. The van der Waals surface area contributed by atoms with Crippen LogP contribution in [0.25, 0.3) is 0 Å². The Morgan fingerprint density at radius 3 is 2.46 bits per heavy atom. The quantitative estimate of drug-likeness (QED) is 0.565. The molecule has 6 heteroatoms. The van der Waals surface area contributed by atoms with Crippen LogP contribution in [0, 0.1) is 17.2 Å². The topological polar surface area (TPSA) is 83.4 Å². The normalized spacial score (nSPS) is 12.3. The average Bonchev–Trinajstić information content (AvgIpc) is 2.59. The van der Waals surface area contributed by atoms with Crippen molar-refractivity contribution in [1.82, 2.24) is 10.6 Å². The van der Waals surface area contributed by atoms with Gasteiger partial charge in [0.2, 0.25) is 0 Å². The molecule has 0 bridgehead atoms. The van der Waals surface area contributed by atoms with E-state index in [1.54, 1.807) is 14.2 Å². The molecule has 0 aliphatic heterocycles. The number of carbonyl (C=O) groups excluding carboxylic acids is 1. The van der Waals surface area contributed by atoms with Gasteiger partial charge in [-0.3, -0.25) is 4.79 Å². The Morgan fingerprint density at radius 2 is 1.92 bits per heavy atom. The molecular formula is C18H25N3O3. The van der Waals surface area contributed by atoms with Crippen molar-refractivity contribution in [2.24, 2.45) is 5.92 Å². The molecule has 24 heavy (non-hydrogen) atoms. The van der Waals surface area contributed by atoms with Gasteiger partial charge in [-0.1, -0.05) is 19.9 Å². The number of carbonyl (C=O) groups is 1. The smallest absolute Gasteiger partial charge is 0.263 e. The van der Waals surface area contributed by atoms with E-state index in [2.05, 4.69) is 10.6 Å². The molecule has 1 rings (SSSR count). The third kappa shape index (κ3) is 5.51. The lowest BCUT2D eigenvalue weighted by molar-refractivity contribution is -0.117. The zero-order chi connectivity index (χ0) is 18.1. The lowest BCUT2D eigenvalue weighted by Gasteiger charge is -2.15. The van der Waals surface area contributed by atoms with Gasteiger partial charge in [0.05, 0.1) is 14.2 Å². The lowest BCUT2D eigenvalue weighted by atomic mass is 10.1. The first-order chi connectivity index (χ1) is 11.4. The summed E-state index contributed by atoms with van der Waals surface area (Å²) in [7, 11) is 3.16. The molecule has 1 aromatic carbocycles. The van der Waals surface area contributed by atoms with Crippen LogP contribution in [0.5, 0.6) is 11.5 Å². The number of ether oxygens (including phenoxy) is 2. The fraction of sp³-hybridized carbons (Fsp3) is 0.444. The molecule has 0 aliphatic carbocycles. The monoisotopic (exact) mass is 331 g/mol. The predicted molar refractivity (Wildman–Crippen MR) is 92.6 cm³/mol. The van der Waals surface area contributed by atoms with Crippen molar-refractivity contribution in [2.75, 3.05) is 20.8 Å². The van der Waals surface area contributed by atoms with E-state index >= 15 is 0 Å². The Morgan fingerprint density at radius 1 is 1.25 bits per heavy atom. The van der Waals surface area contributed by atoms with Crippen molar-refractivity contribution >= 4 is 5.91 Å². The van der Waals surface area contributed by atoms with Gasteiger partial charge >= 0.3 is 0 Å². The van der Waals surface area contributed by atoms with Gasteiger partial charge < -0.3 is 20.1 Å². The molecule has 1 amide bonds. The van der Waals surface area contributed by atoms with Crippen LogP contribution < -0.4 is 20.1 Å². The Kier molecular flexibility index (Phi) is 7.63. The van der Waals surface area contributed by atoms with Crippen molar-refractivity contribution in [2.45, 2.75) is 26.8 Å². The maximum atomic E-state index is 11.9. The van der Waals surface area contributed by atoms with E-state index in [1.165, 1.54) is 6.20 Å². The summed E-state index contributed by atoms with van der Waals surface area (Å²) >= 11 is 0. The number of benzene rings is 1. The van der Waals surface area contributed by atoms with E-state index in [1.807, 2.05) is 45.0 Å². The van der Waals surface area contributed by atoms with Crippen molar-refractivity contribution in [3.8, 4) is 17.6 Å². The zero-order valence-electron chi connectivity index (χ0n) is 14.8. The number of rotatable bonds is 8. The summed E-state index contributed by atoms with van der Waals surface area (Å²) in [4.78, 5) is 11.9. The van der Waals surface area contributed by atoms with Crippen LogP contribution in [0.1, 0.15) is 32.4 Å². The van der Waals surface area contributed by atoms with Gasteiger partial charge in [0.15, 0.2) is 11.5 Å². The molecule has 0 fully saturated rings. The molecule has 6 nitrogen and oxygen atoms in total. The second-order valence-corrected chi connectivity index (χ2v) is 5.78. The summed E-state index contributed by atoms with van der Waals surface area (Å²) in [5.74, 6) is 1.23. The summed E-state index contributed by atoms with van der Waals surface area (Å²) in [5, 5.41) is 14.9. The molecule has 130 valence electrons. The van der Waals surface area contributed by atoms with Gasteiger partial charge in [0, 0.05) is 18.8 Å². The molecule has 0 saturated carbocycles. The Labute approximate surface area is 143 Å². The fourth-order valence-electron chi connectivity index (χ4n) is 1.97. The van der Waals surface area contributed by atoms with E-state index in [4.69, 9.17) is 14.7 Å². The Hall–Kier alpha value is -2.68. The second kappa shape index (κ2) is 9.46. The molecule has 1 atom stereocenters. The highest BCUT2D eigenvalue weighted by atomic mass is 16.5. The van der Waals surface area contributed by atoms with E-state index in [-0.39, 0.29) is 17.5 Å². The van der Waals surface area contributed by atoms with Crippen molar-refractivity contribution in [1.29, 1.82) is 5.26 Å².